The van der Waals surface area contributed by atoms with Gasteiger partial charge in [0.25, 0.3) is 5.91 Å². The van der Waals surface area contributed by atoms with Crippen LogP contribution in [0.5, 0.6) is 5.75 Å². The minimum Gasteiger partial charge on any atom is -0.497 e. The van der Waals surface area contributed by atoms with E-state index in [-0.39, 0.29) is 29.3 Å². The number of furan rings is 1. The summed E-state index contributed by atoms with van der Waals surface area (Å²) in [5, 5.41) is 12.2. The molecule has 0 spiro atoms. The molecule has 0 aliphatic heterocycles. The van der Waals surface area contributed by atoms with Gasteiger partial charge in [0, 0.05) is 18.9 Å². The minimum atomic E-state index is -1.05. The molecule has 0 aliphatic carbocycles. The first-order valence-electron chi connectivity index (χ1n) is 9.23. The predicted molar refractivity (Wildman–Crippen MR) is 107 cm³/mol. The van der Waals surface area contributed by atoms with E-state index in [1.165, 1.54) is 6.92 Å². The molecule has 0 saturated carbocycles. The Labute approximate surface area is 173 Å². The number of nitrogens with zero attached hydrogens (tertiary/aromatic N) is 2. The van der Waals surface area contributed by atoms with Gasteiger partial charge in [-0.2, -0.15) is 5.26 Å². The fourth-order valence-electron chi connectivity index (χ4n) is 2.88. The van der Waals surface area contributed by atoms with Gasteiger partial charge in [0.1, 0.15) is 28.7 Å². The molecule has 2 heterocycles. The van der Waals surface area contributed by atoms with Gasteiger partial charge in [-0.3, -0.25) is 9.36 Å². The lowest BCUT2D eigenvalue weighted by Gasteiger charge is -2.13. The molecule has 2 aromatic heterocycles. The highest BCUT2D eigenvalue weighted by Gasteiger charge is 2.28. The van der Waals surface area contributed by atoms with E-state index < -0.39 is 18.0 Å². The van der Waals surface area contributed by atoms with E-state index >= 15 is 0 Å². The molecular formula is C22H21N3O5. The number of nitriles is 1. The number of rotatable bonds is 7. The van der Waals surface area contributed by atoms with E-state index in [4.69, 9.17) is 13.9 Å². The van der Waals surface area contributed by atoms with Gasteiger partial charge in [-0.05, 0) is 43.7 Å². The van der Waals surface area contributed by atoms with Crippen molar-refractivity contribution in [1.29, 1.82) is 5.26 Å². The number of carbonyl (C=O) groups excluding carboxylic acids is 2. The number of carbonyl (C=O) groups is 2. The van der Waals surface area contributed by atoms with Gasteiger partial charge in [-0.15, -0.1) is 0 Å². The van der Waals surface area contributed by atoms with Crippen molar-refractivity contribution >= 4 is 11.9 Å². The molecule has 0 fully saturated rings. The number of amides is 1. The van der Waals surface area contributed by atoms with E-state index in [9.17, 15) is 14.9 Å². The SMILES string of the molecule is COc1ccc(CNC(=O)[C@H](C)OC(=O)c2c(C)oc(-n3cccc3)c2C#N)cc1. The maximum Gasteiger partial charge on any atom is 0.343 e. The molecule has 0 radical (unpaired) electrons. The summed E-state index contributed by atoms with van der Waals surface area (Å²) in [7, 11) is 1.58. The van der Waals surface area contributed by atoms with Crippen molar-refractivity contribution in [3.8, 4) is 17.7 Å². The van der Waals surface area contributed by atoms with Crippen molar-refractivity contribution in [1.82, 2.24) is 9.88 Å². The Hall–Kier alpha value is -3.99. The Morgan fingerprint density at radius 1 is 1.23 bits per heavy atom. The smallest absolute Gasteiger partial charge is 0.343 e. The summed E-state index contributed by atoms with van der Waals surface area (Å²) >= 11 is 0. The number of ether oxygens (including phenoxy) is 2. The van der Waals surface area contributed by atoms with E-state index in [1.54, 1.807) is 55.3 Å². The van der Waals surface area contributed by atoms with E-state index in [0.29, 0.717) is 0 Å². The van der Waals surface area contributed by atoms with Crippen molar-refractivity contribution < 1.29 is 23.5 Å². The van der Waals surface area contributed by atoms with Crippen LogP contribution in [0, 0.1) is 18.3 Å². The fraction of sp³-hybridized carbons (Fsp3) is 0.227. The number of aromatic nitrogens is 1. The summed E-state index contributed by atoms with van der Waals surface area (Å²) in [6, 6.07) is 12.8. The third kappa shape index (κ3) is 4.36. The number of esters is 1. The number of aryl methyl sites for hydroxylation is 1. The molecule has 30 heavy (non-hydrogen) atoms. The van der Waals surface area contributed by atoms with Gasteiger partial charge < -0.3 is 19.2 Å². The Morgan fingerprint density at radius 3 is 2.50 bits per heavy atom. The lowest BCUT2D eigenvalue weighted by molar-refractivity contribution is -0.129. The summed E-state index contributed by atoms with van der Waals surface area (Å²) in [5.41, 5.74) is 0.937. The third-order valence-electron chi connectivity index (χ3n) is 4.50. The zero-order chi connectivity index (χ0) is 21.7. The maximum absolute atomic E-state index is 12.7. The van der Waals surface area contributed by atoms with Crippen LogP contribution in [0.1, 0.15) is 34.2 Å². The van der Waals surface area contributed by atoms with Gasteiger partial charge in [-0.25, -0.2) is 4.79 Å². The average molecular weight is 407 g/mol. The van der Waals surface area contributed by atoms with Crippen LogP contribution in [0.2, 0.25) is 0 Å². The highest BCUT2D eigenvalue weighted by atomic mass is 16.5. The monoisotopic (exact) mass is 407 g/mol. The van der Waals surface area contributed by atoms with Crippen LogP contribution in [-0.2, 0) is 16.1 Å². The van der Waals surface area contributed by atoms with Gasteiger partial charge in [-0.1, -0.05) is 12.1 Å². The molecule has 3 aromatic rings. The zero-order valence-electron chi connectivity index (χ0n) is 16.8. The quantitative estimate of drug-likeness (QED) is 0.603. The standard InChI is InChI=1S/C22H21N3O5/c1-14-19(18(12-23)21(29-14)25-10-4-5-11-25)22(27)30-15(2)20(26)24-13-16-6-8-17(28-3)9-7-16/h4-11,15H,13H2,1-3H3,(H,24,26)/t15-/m0/s1. The molecule has 1 N–H and O–H groups in total. The number of benzene rings is 1. The second-order valence-corrected chi connectivity index (χ2v) is 6.53. The molecule has 0 unspecified atom stereocenters. The summed E-state index contributed by atoms with van der Waals surface area (Å²) in [4.78, 5) is 25.0. The van der Waals surface area contributed by atoms with Crippen LogP contribution in [0.15, 0.2) is 53.2 Å². The van der Waals surface area contributed by atoms with Crippen LogP contribution in [-0.4, -0.2) is 29.7 Å². The molecule has 1 aromatic carbocycles. The molecule has 0 bridgehead atoms. The van der Waals surface area contributed by atoms with Crippen molar-refractivity contribution in [3.63, 3.8) is 0 Å². The van der Waals surface area contributed by atoms with Crippen molar-refractivity contribution in [2.45, 2.75) is 26.5 Å². The van der Waals surface area contributed by atoms with Crippen LogP contribution in [0.4, 0.5) is 0 Å². The summed E-state index contributed by atoms with van der Waals surface area (Å²) in [5.74, 6) is -0.0622. The molecule has 0 saturated heterocycles. The van der Waals surface area contributed by atoms with Crippen LogP contribution in [0.25, 0.3) is 5.88 Å². The molecule has 0 aliphatic rings. The molecule has 1 atom stereocenters. The first kappa shape index (κ1) is 20.7. The number of hydrogen-bond acceptors (Lipinski definition) is 6. The van der Waals surface area contributed by atoms with Crippen molar-refractivity contribution in [3.05, 3.63) is 71.2 Å². The van der Waals surface area contributed by atoms with Gasteiger partial charge in [0.15, 0.2) is 6.10 Å². The minimum absolute atomic E-state index is 0.0102. The molecule has 154 valence electrons. The van der Waals surface area contributed by atoms with Gasteiger partial charge >= 0.3 is 5.97 Å². The zero-order valence-corrected chi connectivity index (χ0v) is 16.8. The molecular weight excluding hydrogens is 386 g/mol. The number of hydrogen-bond donors (Lipinski definition) is 1. The average Bonchev–Trinajstić information content (AvgIpc) is 3.39. The highest BCUT2D eigenvalue weighted by molar-refractivity contribution is 5.96. The first-order chi connectivity index (χ1) is 14.4. The summed E-state index contributed by atoms with van der Waals surface area (Å²) in [6.45, 7) is 3.31. The highest BCUT2D eigenvalue weighted by Crippen LogP contribution is 2.26. The second-order valence-electron chi connectivity index (χ2n) is 6.53. The maximum atomic E-state index is 12.7. The Balaban J connectivity index is 1.66. The largest absolute Gasteiger partial charge is 0.497 e. The van der Waals surface area contributed by atoms with Crippen molar-refractivity contribution in [2.24, 2.45) is 0 Å². The number of nitrogens with one attached hydrogen (secondary N) is 1. The molecule has 8 nitrogen and oxygen atoms in total. The molecule has 3 rings (SSSR count). The normalized spacial score (nSPS) is 11.4. The van der Waals surface area contributed by atoms with Gasteiger partial charge in [0.05, 0.1) is 7.11 Å². The third-order valence-corrected chi connectivity index (χ3v) is 4.50. The summed E-state index contributed by atoms with van der Waals surface area (Å²) in [6.07, 6.45) is 2.35. The Bertz CT molecular complexity index is 1080. The Morgan fingerprint density at radius 2 is 1.90 bits per heavy atom. The van der Waals surface area contributed by atoms with E-state index in [0.717, 1.165) is 11.3 Å². The van der Waals surface area contributed by atoms with E-state index in [1.807, 2.05) is 18.2 Å². The molecule has 1 amide bonds. The fourth-order valence-corrected chi connectivity index (χ4v) is 2.88. The lowest BCUT2D eigenvalue weighted by atomic mass is 10.1. The van der Waals surface area contributed by atoms with Crippen LogP contribution >= 0.6 is 0 Å². The topological polar surface area (TPSA) is 106 Å². The van der Waals surface area contributed by atoms with E-state index in [2.05, 4.69) is 5.32 Å². The van der Waals surface area contributed by atoms with Gasteiger partial charge in [0.2, 0.25) is 5.88 Å². The predicted octanol–water partition coefficient (Wildman–Crippen LogP) is 3.12. The van der Waals surface area contributed by atoms with Crippen LogP contribution in [0.3, 0.4) is 0 Å². The Kier molecular flexibility index (Phi) is 6.23. The molecule has 8 heteroatoms. The first-order valence-corrected chi connectivity index (χ1v) is 9.23. The number of methoxy groups -OCH3 is 1. The second kappa shape index (κ2) is 9.01. The summed E-state index contributed by atoms with van der Waals surface area (Å²) < 4.78 is 17.6. The van der Waals surface area contributed by atoms with Crippen LogP contribution < -0.4 is 10.1 Å². The van der Waals surface area contributed by atoms with Crippen molar-refractivity contribution in [2.75, 3.05) is 7.11 Å². The lowest BCUT2D eigenvalue weighted by Crippen LogP contribution is -2.35.